The van der Waals surface area contributed by atoms with Crippen molar-refractivity contribution in [1.82, 2.24) is 0 Å². The SMILES string of the molecule is CCOc1cc2c(cc1NC(=O)c1ccc(C(=O)OC)cc1)O[C@@H](C)C2. The Bertz CT molecular complexity index is 829. The van der Waals surface area contributed by atoms with Gasteiger partial charge >= 0.3 is 5.97 Å². The highest BCUT2D eigenvalue weighted by Gasteiger charge is 2.23. The molecule has 0 aliphatic carbocycles. The Kier molecular flexibility index (Phi) is 5.11. The number of ether oxygens (including phenoxy) is 3. The second-order valence-corrected chi connectivity index (χ2v) is 6.04. The molecule has 2 aromatic rings. The molecule has 1 aliphatic heterocycles. The van der Waals surface area contributed by atoms with E-state index in [-0.39, 0.29) is 12.0 Å². The number of rotatable bonds is 5. The molecule has 2 aromatic carbocycles. The average Bonchev–Trinajstić information content (AvgIpc) is 3.00. The van der Waals surface area contributed by atoms with Crippen molar-refractivity contribution in [1.29, 1.82) is 0 Å². The van der Waals surface area contributed by atoms with Gasteiger partial charge in [-0.3, -0.25) is 4.79 Å². The fourth-order valence-electron chi connectivity index (χ4n) is 2.88. The van der Waals surface area contributed by atoms with Crippen LogP contribution < -0.4 is 14.8 Å². The maximum atomic E-state index is 12.6. The molecular weight excluding hydrogens is 334 g/mol. The third-order valence-corrected chi connectivity index (χ3v) is 4.11. The van der Waals surface area contributed by atoms with Gasteiger partial charge in [-0.15, -0.1) is 0 Å². The molecule has 0 saturated heterocycles. The molecule has 0 unspecified atom stereocenters. The first-order valence-electron chi connectivity index (χ1n) is 8.48. The van der Waals surface area contributed by atoms with Gasteiger partial charge in [0.1, 0.15) is 17.6 Å². The Morgan fingerprint density at radius 1 is 1.19 bits per heavy atom. The van der Waals surface area contributed by atoms with E-state index in [4.69, 9.17) is 9.47 Å². The maximum absolute atomic E-state index is 12.6. The summed E-state index contributed by atoms with van der Waals surface area (Å²) in [5.41, 5.74) is 2.44. The maximum Gasteiger partial charge on any atom is 0.337 e. The number of methoxy groups -OCH3 is 1. The topological polar surface area (TPSA) is 73.9 Å². The van der Waals surface area contributed by atoms with E-state index in [1.54, 1.807) is 30.3 Å². The summed E-state index contributed by atoms with van der Waals surface area (Å²) < 4.78 is 16.1. The minimum Gasteiger partial charge on any atom is -0.492 e. The number of benzene rings is 2. The smallest absolute Gasteiger partial charge is 0.337 e. The number of anilines is 1. The van der Waals surface area contributed by atoms with Gasteiger partial charge < -0.3 is 19.5 Å². The second kappa shape index (κ2) is 7.47. The van der Waals surface area contributed by atoms with E-state index in [0.29, 0.717) is 29.2 Å². The van der Waals surface area contributed by atoms with Crippen LogP contribution in [0.5, 0.6) is 11.5 Å². The highest BCUT2D eigenvalue weighted by Crippen LogP contribution is 2.38. The Labute approximate surface area is 152 Å². The van der Waals surface area contributed by atoms with Crippen molar-refractivity contribution < 1.29 is 23.8 Å². The van der Waals surface area contributed by atoms with Gasteiger partial charge in [-0.2, -0.15) is 0 Å². The number of carbonyl (C=O) groups is 2. The third-order valence-electron chi connectivity index (χ3n) is 4.11. The average molecular weight is 355 g/mol. The molecule has 1 atom stereocenters. The summed E-state index contributed by atoms with van der Waals surface area (Å²) >= 11 is 0. The molecule has 3 rings (SSSR count). The Morgan fingerprint density at radius 2 is 1.88 bits per heavy atom. The van der Waals surface area contributed by atoms with Crippen LogP contribution in [-0.4, -0.2) is 31.7 Å². The summed E-state index contributed by atoms with van der Waals surface area (Å²) in [6.07, 6.45) is 0.926. The van der Waals surface area contributed by atoms with Gasteiger partial charge in [0.2, 0.25) is 0 Å². The first kappa shape index (κ1) is 17.8. The molecule has 0 aromatic heterocycles. The quantitative estimate of drug-likeness (QED) is 0.832. The molecule has 1 N–H and O–H groups in total. The van der Waals surface area contributed by atoms with Crippen LogP contribution >= 0.6 is 0 Å². The van der Waals surface area contributed by atoms with Crippen molar-refractivity contribution in [3.05, 3.63) is 53.1 Å². The van der Waals surface area contributed by atoms with Crippen LogP contribution in [0.3, 0.4) is 0 Å². The lowest BCUT2D eigenvalue weighted by molar-refractivity contribution is 0.0600. The van der Waals surface area contributed by atoms with Crippen LogP contribution in [0.15, 0.2) is 36.4 Å². The fraction of sp³-hybridized carbons (Fsp3) is 0.300. The summed E-state index contributed by atoms with van der Waals surface area (Å²) in [6, 6.07) is 9.97. The summed E-state index contributed by atoms with van der Waals surface area (Å²) in [5.74, 6) is 0.634. The summed E-state index contributed by atoms with van der Waals surface area (Å²) in [6.45, 7) is 4.39. The molecule has 0 radical (unpaired) electrons. The predicted molar refractivity (Wildman–Crippen MR) is 97.1 cm³/mol. The molecule has 0 bridgehead atoms. The van der Waals surface area contributed by atoms with Gasteiger partial charge in [-0.1, -0.05) is 0 Å². The molecule has 0 spiro atoms. The standard InChI is InChI=1S/C20H21NO5/c1-4-25-18-10-15-9-12(2)26-17(15)11-16(18)21-19(22)13-5-7-14(8-6-13)20(23)24-3/h5-8,10-12H,4,9H2,1-3H3,(H,21,22)/t12-/m0/s1. The second-order valence-electron chi connectivity index (χ2n) is 6.04. The van der Waals surface area contributed by atoms with Crippen molar-refractivity contribution in [3.63, 3.8) is 0 Å². The van der Waals surface area contributed by atoms with Crippen molar-refractivity contribution in [2.45, 2.75) is 26.4 Å². The molecule has 1 aliphatic rings. The fourth-order valence-corrected chi connectivity index (χ4v) is 2.88. The Hall–Kier alpha value is -3.02. The summed E-state index contributed by atoms with van der Waals surface area (Å²) in [7, 11) is 1.31. The molecule has 1 heterocycles. The van der Waals surface area contributed by atoms with Gasteiger partial charge in [0.15, 0.2) is 0 Å². The molecule has 136 valence electrons. The van der Waals surface area contributed by atoms with Crippen LogP contribution in [0.25, 0.3) is 0 Å². The van der Waals surface area contributed by atoms with E-state index >= 15 is 0 Å². The molecule has 0 saturated carbocycles. The van der Waals surface area contributed by atoms with Gasteiger partial charge in [0.25, 0.3) is 5.91 Å². The summed E-state index contributed by atoms with van der Waals surface area (Å²) in [4.78, 5) is 24.0. The first-order valence-corrected chi connectivity index (χ1v) is 8.48. The Morgan fingerprint density at radius 3 is 2.54 bits per heavy atom. The Balaban J connectivity index is 1.82. The van der Waals surface area contributed by atoms with Crippen molar-refractivity contribution in [2.75, 3.05) is 19.0 Å². The number of esters is 1. The third kappa shape index (κ3) is 3.64. The van der Waals surface area contributed by atoms with Crippen molar-refractivity contribution >= 4 is 17.6 Å². The molecule has 1 amide bonds. The van der Waals surface area contributed by atoms with Crippen molar-refractivity contribution in [2.24, 2.45) is 0 Å². The lowest BCUT2D eigenvalue weighted by atomic mass is 10.1. The van der Waals surface area contributed by atoms with Gasteiger partial charge in [-0.05, 0) is 44.2 Å². The van der Waals surface area contributed by atoms with Gasteiger partial charge in [0.05, 0.1) is 25.0 Å². The summed E-state index contributed by atoms with van der Waals surface area (Å²) in [5, 5.41) is 2.86. The van der Waals surface area contributed by atoms with Crippen LogP contribution in [0.4, 0.5) is 5.69 Å². The van der Waals surface area contributed by atoms with Gasteiger partial charge in [0, 0.05) is 23.6 Å². The lowest BCUT2D eigenvalue weighted by Crippen LogP contribution is -2.13. The molecule has 6 nitrogen and oxygen atoms in total. The molecule has 26 heavy (non-hydrogen) atoms. The number of hydrogen-bond donors (Lipinski definition) is 1. The van der Waals surface area contributed by atoms with Crippen LogP contribution in [0, 0.1) is 0 Å². The van der Waals surface area contributed by atoms with Crippen LogP contribution in [-0.2, 0) is 11.2 Å². The molecule has 0 fully saturated rings. The lowest BCUT2D eigenvalue weighted by Gasteiger charge is -2.13. The van der Waals surface area contributed by atoms with Crippen LogP contribution in [0.1, 0.15) is 40.1 Å². The number of fused-ring (bicyclic) bond motifs is 1. The number of amides is 1. The van der Waals surface area contributed by atoms with E-state index < -0.39 is 5.97 Å². The zero-order valence-corrected chi connectivity index (χ0v) is 15.0. The largest absolute Gasteiger partial charge is 0.492 e. The highest BCUT2D eigenvalue weighted by molar-refractivity contribution is 6.05. The number of hydrogen-bond acceptors (Lipinski definition) is 5. The van der Waals surface area contributed by atoms with E-state index in [1.807, 2.05) is 19.9 Å². The number of nitrogens with one attached hydrogen (secondary N) is 1. The zero-order chi connectivity index (χ0) is 18.7. The first-order chi connectivity index (χ1) is 12.5. The van der Waals surface area contributed by atoms with E-state index in [0.717, 1.165) is 17.7 Å². The molecular formula is C20H21NO5. The van der Waals surface area contributed by atoms with Crippen molar-refractivity contribution in [3.8, 4) is 11.5 Å². The zero-order valence-electron chi connectivity index (χ0n) is 15.0. The van der Waals surface area contributed by atoms with Crippen LogP contribution in [0.2, 0.25) is 0 Å². The van der Waals surface area contributed by atoms with E-state index in [9.17, 15) is 9.59 Å². The van der Waals surface area contributed by atoms with E-state index in [1.165, 1.54) is 7.11 Å². The normalized spacial score (nSPS) is 15.0. The van der Waals surface area contributed by atoms with E-state index in [2.05, 4.69) is 10.1 Å². The highest BCUT2D eigenvalue weighted by atomic mass is 16.5. The minimum atomic E-state index is -0.444. The number of carbonyl (C=O) groups excluding carboxylic acids is 2. The minimum absolute atomic E-state index is 0.108. The molecule has 6 heteroatoms. The predicted octanol–water partition coefficient (Wildman–Crippen LogP) is 3.45. The van der Waals surface area contributed by atoms with Gasteiger partial charge in [-0.25, -0.2) is 4.79 Å². The monoisotopic (exact) mass is 355 g/mol.